The molecule has 0 radical (unpaired) electrons. The lowest BCUT2D eigenvalue weighted by Crippen LogP contribution is -2.44. The number of hydrogen-bond acceptors (Lipinski definition) is 4. The van der Waals surface area contributed by atoms with Gasteiger partial charge in [-0.1, -0.05) is 19.9 Å². The number of aliphatic carboxylic acids is 1. The van der Waals surface area contributed by atoms with E-state index in [1.54, 1.807) is 32.0 Å². The molecule has 0 spiro atoms. The Morgan fingerprint density at radius 1 is 1.30 bits per heavy atom. The van der Waals surface area contributed by atoms with Gasteiger partial charge in [-0.15, -0.1) is 0 Å². The molecule has 20 heavy (non-hydrogen) atoms. The average molecular weight is 279 g/mol. The minimum Gasteiger partial charge on any atom is -0.480 e. The highest BCUT2D eigenvalue weighted by molar-refractivity contribution is 5.85. The van der Waals surface area contributed by atoms with Gasteiger partial charge in [0.1, 0.15) is 6.04 Å². The van der Waals surface area contributed by atoms with E-state index in [9.17, 15) is 9.59 Å². The fraction of sp³-hybridized carbons (Fsp3) is 0.429. The van der Waals surface area contributed by atoms with Crippen LogP contribution in [-0.4, -0.2) is 29.8 Å². The Labute approximate surface area is 116 Å². The van der Waals surface area contributed by atoms with Crippen LogP contribution in [0.2, 0.25) is 0 Å². The van der Waals surface area contributed by atoms with Gasteiger partial charge < -0.3 is 19.9 Å². The van der Waals surface area contributed by atoms with Gasteiger partial charge in [0.05, 0.1) is 6.42 Å². The SMILES string of the molecule is CC(C)[C@H](NC(=O)Cc1ccc2c(c1)OCO2)C(=O)O. The molecule has 2 N–H and O–H groups in total. The molecular formula is C14H17NO5. The molecule has 108 valence electrons. The first kappa shape index (κ1) is 14.2. The van der Waals surface area contributed by atoms with Crippen molar-refractivity contribution in [2.75, 3.05) is 6.79 Å². The predicted molar refractivity (Wildman–Crippen MR) is 70.7 cm³/mol. The van der Waals surface area contributed by atoms with Gasteiger partial charge in [0.25, 0.3) is 0 Å². The Morgan fingerprint density at radius 3 is 2.65 bits per heavy atom. The lowest BCUT2D eigenvalue weighted by molar-refractivity contribution is -0.143. The molecule has 1 heterocycles. The lowest BCUT2D eigenvalue weighted by Gasteiger charge is -2.17. The fourth-order valence-electron chi connectivity index (χ4n) is 1.97. The molecular weight excluding hydrogens is 262 g/mol. The molecule has 1 aromatic rings. The van der Waals surface area contributed by atoms with Crippen molar-refractivity contribution in [3.8, 4) is 11.5 Å². The van der Waals surface area contributed by atoms with Crippen molar-refractivity contribution in [2.45, 2.75) is 26.3 Å². The van der Waals surface area contributed by atoms with Crippen molar-refractivity contribution in [3.05, 3.63) is 23.8 Å². The van der Waals surface area contributed by atoms with E-state index in [0.717, 1.165) is 5.56 Å². The highest BCUT2D eigenvalue weighted by Crippen LogP contribution is 2.32. The number of amides is 1. The number of carbonyl (C=O) groups excluding carboxylic acids is 1. The van der Waals surface area contributed by atoms with E-state index < -0.39 is 12.0 Å². The summed E-state index contributed by atoms with van der Waals surface area (Å²) in [6.45, 7) is 3.68. The second-order valence-electron chi connectivity index (χ2n) is 4.99. The Hall–Kier alpha value is -2.24. The number of carboxylic acid groups (broad SMARTS) is 1. The summed E-state index contributed by atoms with van der Waals surface area (Å²) in [5, 5.41) is 11.6. The van der Waals surface area contributed by atoms with Gasteiger partial charge in [-0.25, -0.2) is 4.79 Å². The summed E-state index contributed by atoms with van der Waals surface area (Å²) in [7, 11) is 0. The second kappa shape index (κ2) is 5.81. The van der Waals surface area contributed by atoms with E-state index in [2.05, 4.69) is 5.32 Å². The normalized spacial score (nSPS) is 14.2. The summed E-state index contributed by atoms with van der Waals surface area (Å²) in [6, 6.07) is 4.35. The zero-order chi connectivity index (χ0) is 14.7. The molecule has 6 nitrogen and oxygen atoms in total. The van der Waals surface area contributed by atoms with E-state index in [1.807, 2.05) is 0 Å². The largest absolute Gasteiger partial charge is 0.480 e. The van der Waals surface area contributed by atoms with Gasteiger partial charge in [0, 0.05) is 0 Å². The van der Waals surface area contributed by atoms with Crippen LogP contribution in [0.3, 0.4) is 0 Å². The molecule has 0 unspecified atom stereocenters. The quantitative estimate of drug-likeness (QED) is 0.845. The second-order valence-corrected chi connectivity index (χ2v) is 4.99. The molecule has 0 bridgehead atoms. The van der Waals surface area contributed by atoms with Gasteiger partial charge in [-0.3, -0.25) is 4.79 Å². The van der Waals surface area contributed by atoms with E-state index in [1.165, 1.54) is 0 Å². The van der Waals surface area contributed by atoms with Crippen LogP contribution in [0.4, 0.5) is 0 Å². The fourth-order valence-corrected chi connectivity index (χ4v) is 1.97. The molecule has 0 fully saturated rings. The van der Waals surface area contributed by atoms with Gasteiger partial charge in [0.15, 0.2) is 11.5 Å². The number of fused-ring (bicyclic) bond motifs is 1. The van der Waals surface area contributed by atoms with E-state index in [-0.39, 0.29) is 25.0 Å². The first-order valence-electron chi connectivity index (χ1n) is 6.38. The lowest BCUT2D eigenvalue weighted by atomic mass is 10.0. The standard InChI is InChI=1S/C14H17NO5/c1-8(2)13(14(17)18)15-12(16)6-9-3-4-10-11(5-9)20-7-19-10/h3-5,8,13H,6-7H2,1-2H3,(H,15,16)(H,17,18)/t13-/m0/s1. The van der Waals surface area contributed by atoms with Crippen molar-refractivity contribution in [3.63, 3.8) is 0 Å². The third-order valence-corrected chi connectivity index (χ3v) is 3.05. The third kappa shape index (κ3) is 3.20. The van der Waals surface area contributed by atoms with Crippen LogP contribution in [0.25, 0.3) is 0 Å². The van der Waals surface area contributed by atoms with Crippen molar-refractivity contribution >= 4 is 11.9 Å². The van der Waals surface area contributed by atoms with Crippen LogP contribution in [0.15, 0.2) is 18.2 Å². The first-order valence-corrected chi connectivity index (χ1v) is 6.38. The molecule has 0 aliphatic carbocycles. The zero-order valence-electron chi connectivity index (χ0n) is 11.4. The van der Waals surface area contributed by atoms with Crippen LogP contribution < -0.4 is 14.8 Å². The van der Waals surface area contributed by atoms with Crippen LogP contribution >= 0.6 is 0 Å². The minimum atomic E-state index is -1.03. The summed E-state index contributed by atoms with van der Waals surface area (Å²) < 4.78 is 10.4. The number of ether oxygens (including phenoxy) is 2. The van der Waals surface area contributed by atoms with Gasteiger partial charge in [-0.2, -0.15) is 0 Å². The molecule has 1 atom stereocenters. The molecule has 0 saturated carbocycles. The third-order valence-electron chi connectivity index (χ3n) is 3.05. The molecule has 1 amide bonds. The van der Waals surface area contributed by atoms with Gasteiger partial charge in [0.2, 0.25) is 12.7 Å². The Bertz CT molecular complexity index is 526. The average Bonchev–Trinajstić information content (AvgIpc) is 2.82. The summed E-state index contributed by atoms with van der Waals surface area (Å²) in [4.78, 5) is 22.9. The number of rotatable bonds is 5. The van der Waals surface area contributed by atoms with E-state index in [0.29, 0.717) is 11.5 Å². The predicted octanol–water partition coefficient (Wildman–Crippen LogP) is 1.18. The van der Waals surface area contributed by atoms with Crippen LogP contribution in [-0.2, 0) is 16.0 Å². The maximum absolute atomic E-state index is 11.9. The van der Waals surface area contributed by atoms with Crippen molar-refractivity contribution in [1.29, 1.82) is 0 Å². The molecule has 6 heteroatoms. The summed E-state index contributed by atoms with van der Waals surface area (Å²) >= 11 is 0. The molecule has 1 aliphatic heterocycles. The first-order chi connectivity index (χ1) is 9.47. The van der Waals surface area contributed by atoms with Crippen LogP contribution in [0.5, 0.6) is 11.5 Å². The zero-order valence-corrected chi connectivity index (χ0v) is 11.4. The number of carbonyl (C=O) groups is 2. The van der Waals surface area contributed by atoms with Crippen LogP contribution in [0, 0.1) is 5.92 Å². The molecule has 0 saturated heterocycles. The van der Waals surface area contributed by atoms with Gasteiger partial charge in [-0.05, 0) is 23.6 Å². The minimum absolute atomic E-state index is 0.104. The molecule has 0 aromatic heterocycles. The maximum Gasteiger partial charge on any atom is 0.326 e. The summed E-state index contributed by atoms with van der Waals surface area (Å²) in [5.41, 5.74) is 0.750. The molecule has 2 rings (SSSR count). The van der Waals surface area contributed by atoms with Gasteiger partial charge >= 0.3 is 5.97 Å². The Balaban J connectivity index is 1.99. The van der Waals surface area contributed by atoms with E-state index >= 15 is 0 Å². The maximum atomic E-state index is 11.9. The Kier molecular flexibility index (Phi) is 4.12. The molecule has 1 aromatic carbocycles. The van der Waals surface area contributed by atoms with E-state index in [4.69, 9.17) is 14.6 Å². The topological polar surface area (TPSA) is 84.9 Å². The number of nitrogens with one attached hydrogen (secondary N) is 1. The number of carboxylic acids is 1. The van der Waals surface area contributed by atoms with Crippen molar-refractivity contribution in [2.24, 2.45) is 5.92 Å². The number of benzene rings is 1. The summed E-state index contributed by atoms with van der Waals surface area (Å²) in [5.74, 6) is -0.272. The molecule has 1 aliphatic rings. The van der Waals surface area contributed by atoms with Crippen molar-refractivity contribution in [1.82, 2.24) is 5.32 Å². The number of hydrogen-bond donors (Lipinski definition) is 2. The summed E-state index contributed by atoms with van der Waals surface area (Å²) in [6.07, 6.45) is 0.104. The smallest absolute Gasteiger partial charge is 0.326 e. The van der Waals surface area contributed by atoms with Crippen molar-refractivity contribution < 1.29 is 24.2 Å². The Morgan fingerprint density at radius 2 is 2.00 bits per heavy atom. The monoisotopic (exact) mass is 279 g/mol. The highest BCUT2D eigenvalue weighted by Gasteiger charge is 2.23. The van der Waals surface area contributed by atoms with Crippen LogP contribution in [0.1, 0.15) is 19.4 Å². The highest BCUT2D eigenvalue weighted by atomic mass is 16.7.